The average Bonchev–Trinajstić information content (AvgIpc) is 2.85. The Hall–Kier alpha value is -1.30. The van der Waals surface area contributed by atoms with Crippen molar-refractivity contribution in [2.75, 3.05) is 0 Å². The van der Waals surface area contributed by atoms with Crippen LogP contribution in [0.5, 0.6) is 0 Å². The van der Waals surface area contributed by atoms with E-state index in [-0.39, 0.29) is 6.04 Å². The highest BCUT2D eigenvalue weighted by molar-refractivity contribution is 7.09. The molecule has 2 rings (SSSR count). The van der Waals surface area contributed by atoms with Crippen LogP contribution < -0.4 is 11.3 Å². The lowest BCUT2D eigenvalue weighted by Crippen LogP contribution is -2.29. The molecule has 0 aromatic carbocycles. The number of rotatable bonds is 5. The van der Waals surface area contributed by atoms with E-state index in [4.69, 9.17) is 5.84 Å². The topological polar surface area (TPSA) is 63.8 Å². The molecule has 0 spiro atoms. The van der Waals surface area contributed by atoms with Crippen molar-refractivity contribution in [3.8, 4) is 0 Å². The van der Waals surface area contributed by atoms with Crippen molar-refractivity contribution < 1.29 is 0 Å². The summed E-state index contributed by atoms with van der Waals surface area (Å²) in [6, 6.07) is 4.26. The molecule has 0 aliphatic heterocycles. The first kappa shape index (κ1) is 12.2. The fourth-order valence-corrected chi connectivity index (χ4v) is 2.37. The zero-order chi connectivity index (χ0) is 12.1. The van der Waals surface area contributed by atoms with Gasteiger partial charge < -0.3 is 0 Å². The molecule has 17 heavy (non-hydrogen) atoms. The van der Waals surface area contributed by atoms with Gasteiger partial charge in [0.05, 0.1) is 23.6 Å². The zero-order valence-electron chi connectivity index (χ0n) is 9.76. The molecule has 0 amide bonds. The minimum absolute atomic E-state index is 0.0604. The number of hydrogen-bond donors (Lipinski definition) is 2. The van der Waals surface area contributed by atoms with Crippen molar-refractivity contribution in [3.63, 3.8) is 0 Å². The van der Waals surface area contributed by atoms with Gasteiger partial charge >= 0.3 is 0 Å². The van der Waals surface area contributed by atoms with Gasteiger partial charge in [-0.1, -0.05) is 6.07 Å². The Labute approximate surface area is 105 Å². The van der Waals surface area contributed by atoms with Crippen LogP contribution in [0.1, 0.15) is 28.7 Å². The van der Waals surface area contributed by atoms with Crippen molar-refractivity contribution in [2.45, 2.75) is 25.8 Å². The fraction of sp³-hybridized carbons (Fsp3) is 0.333. The van der Waals surface area contributed by atoms with Crippen LogP contribution in [0.3, 0.4) is 0 Å². The third kappa shape index (κ3) is 3.33. The SMILES string of the molecule is Cc1cnc(C(CCc2cccs2)NN)cn1. The van der Waals surface area contributed by atoms with Gasteiger partial charge in [-0.05, 0) is 31.2 Å². The van der Waals surface area contributed by atoms with Gasteiger partial charge in [-0.15, -0.1) is 11.3 Å². The monoisotopic (exact) mass is 248 g/mol. The number of aryl methyl sites for hydroxylation is 2. The van der Waals surface area contributed by atoms with E-state index in [1.807, 2.05) is 6.92 Å². The number of thiophene rings is 1. The molecular formula is C12H16N4S. The first-order valence-corrected chi connectivity index (χ1v) is 6.44. The molecule has 5 heteroatoms. The van der Waals surface area contributed by atoms with Crippen molar-refractivity contribution in [2.24, 2.45) is 5.84 Å². The van der Waals surface area contributed by atoms with Gasteiger partial charge in [0.1, 0.15) is 0 Å². The third-order valence-corrected chi connectivity index (χ3v) is 3.55. The molecule has 0 saturated carbocycles. The van der Waals surface area contributed by atoms with Gasteiger partial charge in [0.2, 0.25) is 0 Å². The predicted molar refractivity (Wildman–Crippen MR) is 69.5 cm³/mol. The second-order valence-electron chi connectivity index (χ2n) is 3.92. The van der Waals surface area contributed by atoms with E-state index in [2.05, 4.69) is 32.9 Å². The highest BCUT2D eigenvalue weighted by atomic mass is 32.1. The summed E-state index contributed by atoms with van der Waals surface area (Å²) in [6.07, 6.45) is 5.48. The molecule has 0 aliphatic carbocycles. The second kappa shape index (κ2) is 5.86. The predicted octanol–water partition coefficient (Wildman–Crippen LogP) is 1.98. The molecule has 0 saturated heterocycles. The first-order chi connectivity index (χ1) is 8.29. The summed E-state index contributed by atoms with van der Waals surface area (Å²) in [5, 5.41) is 2.09. The van der Waals surface area contributed by atoms with Crippen molar-refractivity contribution >= 4 is 11.3 Å². The summed E-state index contributed by atoms with van der Waals surface area (Å²) < 4.78 is 0. The van der Waals surface area contributed by atoms with Crippen LogP contribution in [-0.4, -0.2) is 9.97 Å². The third-order valence-electron chi connectivity index (χ3n) is 2.62. The van der Waals surface area contributed by atoms with Crippen molar-refractivity contribution in [1.29, 1.82) is 0 Å². The van der Waals surface area contributed by atoms with Crippen LogP contribution in [0.25, 0.3) is 0 Å². The summed E-state index contributed by atoms with van der Waals surface area (Å²) in [6.45, 7) is 1.92. The summed E-state index contributed by atoms with van der Waals surface area (Å²) in [5.74, 6) is 5.57. The molecule has 3 N–H and O–H groups in total. The summed E-state index contributed by atoms with van der Waals surface area (Å²) in [5.41, 5.74) is 4.62. The van der Waals surface area contributed by atoms with Gasteiger partial charge in [0.15, 0.2) is 0 Å². The van der Waals surface area contributed by atoms with E-state index in [1.54, 1.807) is 23.7 Å². The minimum Gasteiger partial charge on any atom is -0.271 e. The maximum Gasteiger partial charge on any atom is 0.0769 e. The molecule has 90 valence electrons. The molecule has 0 fully saturated rings. The Morgan fingerprint density at radius 1 is 1.41 bits per heavy atom. The Kier molecular flexibility index (Phi) is 4.19. The molecule has 0 aliphatic rings. The molecule has 1 unspecified atom stereocenters. The van der Waals surface area contributed by atoms with Gasteiger partial charge in [-0.3, -0.25) is 21.2 Å². The van der Waals surface area contributed by atoms with E-state index < -0.39 is 0 Å². The number of nitrogens with zero attached hydrogens (tertiary/aromatic N) is 2. The molecule has 0 bridgehead atoms. The van der Waals surface area contributed by atoms with Crippen LogP contribution in [-0.2, 0) is 6.42 Å². The molecule has 4 nitrogen and oxygen atoms in total. The first-order valence-electron chi connectivity index (χ1n) is 5.56. The van der Waals surface area contributed by atoms with E-state index in [1.165, 1.54) is 4.88 Å². The number of nitrogens with two attached hydrogens (primary N) is 1. The van der Waals surface area contributed by atoms with E-state index in [9.17, 15) is 0 Å². The number of hydrogen-bond acceptors (Lipinski definition) is 5. The molecule has 2 aromatic rings. The van der Waals surface area contributed by atoms with Gasteiger partial charge in [0, 0.05) is 11.1 Å². The van der Waals surface area contributed by atoms with Gasteiger partial charge in [-0.25, -0.2) is 0 Å². The number of nitrogens with one attached hydrogen (secondary N) is 1. The van der Waals surface area contributed by atoms with Crippen LogP contribution in [0.4, 0.5) is 0 Å². The van der Waals surface area contributed by atoms with Crippen LogP contribution in [0, 0.1) is 6.92 Å². The Morgan fingerprint density at radius 3 is 2.88 bits per heavy atom. The van der Waals surface area contributed by atoms with Crippen LogP contribution in [0.15, 0.2) is 29.9 Å². The molecule has 0 radical (unpaired) electrons. The normalized spacial score (nSPS) is 12.6. The second-order valence-corrected chi connectivity index (χ2v) is 4.95. The largest absolute Gasteiger partial charge is 0.271 e. The van der Waals surface area contributed by atoms with Crippen molar-refractivity contribution in [3.05, 3.63) is 46.2 Å². The van der Waals surface area contributed by atoms with E-state index >= 15 is 0 Å². The number of aromatic nitrogens is 2. The average molecular weight is 248 g/mol. The highest BCUT2D eigenvalue weighted by Crippen LogP contribution is 2.18. The Balaban J connectivity index is 1.99. The molecule has 1 atom stereocenters. The van der Waals surface area contributed by atoms with E-state index in [0.29, 0.717) is 0 Å². The zero-order valence-corrected chi connectivity index (χ0v) is 10.6. The smallest absolute Gasteiger partial charge is 0.0769 e. The van der Waals surface area contributed by atoms with Gasteiger partial charge in [-0.2, -0.15) is 0 Å². The van der Waals surface area contributed by atoms with E-state index in [0.717, 1.165) is 24.2 Å². The lowest BCUT2D eigenvalue weighted by atomic mass is 10.1. The van der Waals surface area contributed by atoms with Gasteiger partial charge in [0.25, 0.3) is 0 Å². The Bertz CT molecular complexity index is 438. The fourth-order valence-electron chi connectivity index (χ4n) is 1.64. The lowest BCUT2D eigenvalue weighted by molar-refractivity contribution is 0.504. The lowest BCUT2D eigenvalue weighted by Gasteiger charge is -2.14. The molecule has 2 heterocycles. The maximum atomic E-state index is 5.57. The van der Waals surface area contributed by atoms with Crippen LogP contribution in [0.2, 0.25) is 0 Å². The quantitative estimate of drug-likeness (QED) is 0.627. The summed E-state index contributed by atoms with van der Waals surface area (Å²) in [7, 11) is 0. The molecule has 2 aromatic heterocycles. The summed E-state index contributed by atoms with van der Waals surface area (Å²) in [4.78, 5) is 9.95. The van der Waals surface area contributed by atoms with Crippen molar-refractivity contribution in [1.82, 2.24) is 15.4 Å². The maximum absolute atomic E-state index is 5.57. The van der Waals surface area contributed by atoms with Crippen LogP contribution >= 0.6 is 11.3 Å². The number of hydrazine groups is 1. The minimum atomic E-state index is 0.0604. The Morgan fingerprint density at radius 2 is 2.29 bits per heavy atom. The standard InChI is InChI=1S/C12H16N4S/c1-9-7-15-12(8-14-9)11(16-13)5-4-10-3-2-6-17-10/h2-3,6-8,11,16H,4-5,13H2,1H3. The highest BCUT2D eigenvalue weighted by Gasteiger charge is 2.11. The molecular weight excluding hydrogens is 232 g/mol. The summed E-state index contributed by atoms with van der Waals surface area (Å²) >= 11 is 1.77.